The van der Waals surface area contributed by atoms with Crippen molar-refractivity contribution >= 4 is 33.2 Å². The second-order valence-corrected chi connectivity index (χ2v) is 5.39. The molecule has 0 aliphatic carbocycles. The van der Waals surface area contributed by atoms with Gasteiger partial charge in [0.25, 0.3) is 0 Å². The lowest BCUT2D eigenvalue weighted by Crippen LogP contribution is -2.26. The molecule has 7 nitrogen and oxygen atoms in total. The van der Waals surface area contributed by atoms with Crippen molar-refractivity contribution in [3.63, 3.8) is 0 Å². The van der Waals surface area contributed by atoms with Gasteiger partial charge in [-0.2, -0.15) is 5.10 Å². The minimum absolute atomic E-state index is 0.0355. The third-order valence-electron chi connectivity index (χ3n) is 3.00. The molecule has 0 aliphatic heterocycles. The van der Waals surface area contributed by atoms with Gasteiger partial charge in [0.1, 0.15) is 24.3 Å². The number of hydrogen-bond acceptors (Lipinski definition) is 4. The van der Waals surface area contributed by atoms with Gasteiger partial charge in [-0.25, -0.2) is 4.39 Å². The van der Waals surface area contributed by atoms with Gasteiger partial charge in [-0.3, -0.25) is 19.6 Å². The highest BCUT2D eigenvalue weighted by Gasteiger charge is 2.22. The summed E-state index contributed by atoms with van der Waals surface area (Å²) in [5.74, 6) is -1.08. The molecule has 0 saturated heterocycles. The van der Waals surface area contributed by atoms with Crippen LogP contribution in [0.25, 0.3) is 0 Å². The number of hydrogen-bond donors (Lipinski definition) is 1. The highest BCUT2D eigenvalue weighted by atomic mass is 79.9. The molecule has 0 bridgehead atoms. The summed E-state index contributed by atoms with van der Waals surface area (Å²) in [6.07, 6.45) is 2.59. The monoisotopic (exact) mass is 370 g/mol. The van der Waals surface area contributed by atoms with Gasteiger partial charge in [-0.15, -0.1) is 0 Å². The number of halogens is 2. The predicted octanol–water partition coefficient (Wildman–Crippen LogP) is 3.28. The Balaban J connectivity index is 2.19. The number of benzene rings is 1. The van der Waals surface area contributed by atoms with Crippen molar-refractivity contribution in [1.29, 1.82) is 0 Å². The molecule has 1 aromatic carbocycles. The molecule has 22 heavy (non-hydrogen) atoms. The first-order chi connectivity index (χ1) is 10.4. The summed E-state index contributed by atoms with van der Waals surface area (Å²) < 4.78 is 15.5. The fraction of sp³-hybridized carbons (Fsp3) is 0.231. The molecule has 1 amide bonds. The Morgan fingerprint density at radius 2 is 2.32 bits per heavy atom. The van der Waals surface area contributed by atoms with Gasteiger partial charge >= 0.3 is 5.69 Å². The van der Waals surface area contributed by atoms with Crippen molar-refractivity contribution in [2.45, 2.75) is 19.4 Å². The van der Waals surface area contributed by atoms with E-state index in [1.54, 1.807) is 13.0 Å². The number of rotatable bonds is 5. The summed E-state index contributed by atoms with van der Waals surface area (Å²) in [6, 6.07) is 3.49. The zero-order valence-corrected chi connectivity index (χ0v) is 13.1. The van der Waals surface area contributed by atoms with Gasteiger partial charge in [0.15, 0.2) is 0 Å². The first-order valence-corrected chi connectivity index (χ1v) is 7.16. The quantitative estimate of drug-likeness (QED) is 0.645. The van der Waals surface area contributed by atoms with Crippen LogP contribution in [0.15, 0.2) is 35.1 Å². The van der Waals surface area contributed by atoms with Crippen LogP contribution in [0.1, 0.15) is 19.4 Å². The van der Waals surface area contributed by atoms with Crippen LogP contribution >= 0.6 is 15.9 Å². The summed E-state index contributed by atoms with van der Waals surface area (Å²) in [5.41, 5.74) is -0.172. The van der Waals surface area contributed by atoms with E-state index in [9.17, 15) is 19.3 Å². The van der Waals surface area contributed by atoms with Gasteiger partial charge in [0, 0.05) is 4.47 Å². The minimum atomic E-state index is -0.767. The minimum Gasteiger partial charge on any atom is -0.322 e. The first-order valence-electron chi connectivity index (χ1n) is 6.36. The normalized spacial score (nSPS) is 12.0. The standard InChI is InChI=1S/C13H12BrFN4O3/c1-2-12(18-7-9(6-16-18)19(21)22)13(20)17-11-4-3-8(14)5-10(11)15/h3-7,12H,2H2,1H3,(H,17,20). The van der Waals surface area contributed by atoms with Gasteiger partial charge in [0.05, 0.1) is 10.6 Å². The van der Waals surface area contributed by atoms with Gasteiger partial charge < -0.3 is 5.32 Å². The number of nitrogens with zero attached hydrogens (tertiary/aromatic N) is 3. The molecule has 1 aromatic heterocycles. The lowest BCUT2D eigenvalue weighted by atomic mass is 10.2. The molecule has 116 valence electrons. The molecule has 9 heteroatoms. The van der Waals surface area contributed by atoms with E-state index < -0.39 is 22.7 Å². The van der Waals surface area contributed by atoms with Crippen LogP contribution in [0.5, 0.6) is 0 Å². The average molecular weight is 371 g/mol. The summed E-state index contributed by atoms with van der Waals surface area (Å²) in [6.45, 7) is 1.73. The maximum absolute atomic E-state index is 13.7. The molecule has 1 unspecified atom stereocenters. The maximum Gasteiger partial charge on any atom is 0.307 e. The van der Waals surface area contributed by atoms with Crippen LogP contribution in [-0.4, -0.2) is 20.6 Å². The number of carbonyl (C=O) groups is 1. The molecule has 2 aromatic rings. The summed E-state index contributed by atoms with van der Waals surface area (Å²) in [5, 5.41) is 16.9. The van der Waals surface area contributed by atoms with E-state index in [2.05, 4.69) is 26.3 Å². The fourth-order valence-corrected chi connectivity index (χ4v) is 2.23. The Kier molecular flexibility index (Phi) is 4.86. The van der Waals surface area contributed by atoms with Gasteiger partial charge in [-0.05, 0) is 24.6 Å². The Morgan fingerprint density at radius 1 is 1.59 bits per heavy atom. The lowest BCUT2D eigenvalue weighted by molar-refractivity contribution is -0.385. The summed E-state index contributed by atoms with van der Waals surface area (Å²) >= 11 is 3.13. The largest absolute Gasteiger partial charge is 0.322 e. The zero-order valence-electron chi connectivity index (χ0n) is 11.5. The third-order valence-corrected chi connectivity index (χ3v) is 3.49. The Hall–Kier alpha value is -2.29. The van der Waals surface area contributed by atoms with E-state index in [0.29, 0.717) is 10.9 Å². The van der Waals surface area contributed by atoms with E-state index in [-0.39, 0.29) is 11.4 Å². The Bertz CT molecular complexity index is 719. The maximum atomic E-state index is 13.7. The molecule has 0 saturated carbocycles. The molecule has 1 N–H and O–H groups in total. The highest BCUT2D eigenvalue weighted by Crippen LogP contribution is 2.22. The van der Waals surface area contributed by atoms with E-state index in [0.717, 1.165) is 6.20 Å². The van der Waals surface area contributed by atoms with Crippen LogP contribution in [0.2, 0.25) is 0 Å². The van der Waals surface area contributed by atoms with Crippen LogP contribution in [0.4, 0.5) is 15.8 Å². The molecule has 1 atom stereocenters. The van der Waals surface area contributed by atoms with Crippen LogP contribution in [-0.2, 0) is 4.79 Å². The highest BCUT2D eigenvalue weighted by molar-refractivity contribution is 9.10. The van der Waals surface area contributed by atoms with Crippen LogP contribution in [0.3, 0.4) is 0 Å². The summed E-state index contributed by atoms with van der Waals surface area (Å²) in [7, 11) is 0. The number of anilines is 1. The molecule has 1 heterocycles. The average Bonchev–Trinajstić information content (AvgIpc) is 2.92. The smallest absolute Gasteiger partial charge is 0.307 e. The van der Waals surface area contributed by atoms with Crippen molar-refractivity contribution in [3.05, 3.63) is 51.0 Å². The second kappa shape index (κ2) is 6.65. The van der Waals surface area contributed by atoms with Gasteiger partial charge in [0.2, 0.25) is 5.91 Å². The van der Waals surface area contributed by atoms with Crippen LogP contribution < -0.4 is 5.32 Å². The number of nitrogens with one attached hydrogen (secondary N) is 1. The lowest BCUT2D eigenvalue weighted by Gasteiger charge is -2.15. The predicted molar refractivity (Wildman–Crippen MR) is 80.9 cm³/mol. The van der Waals surface area contributed by atoms with E-state index >= 15 is 0 Å². The van der Waals surface area contributed by atoms with Gasteiger partial charge in [-0.1, -0.05) is 22.9 Å². The SMILES string of the molecule is CCC(C(=O)Nc1ccc(Br)cc1F)n1cc([N+](=O)[O-])cn1. The van der Waals surface area contributed by atoms with E-state index in [4.69, 9.17) is 0 Å². The van der Waals surface area contributed by atoms with Crippen LogP contribution in [0, 0.1) is 15.9 Å². The summed E-state index contributed by atoms with van der Waals surface area (Å²) in [4.78, 5) is 22.3. The first kappa shape index (κ1) is 16.1. The van der Waals surface area contributed by atoms with Crippen molar-refractivity contribution in [2.24, 2.45) is 0 Å². The molecular weight excluding hydrogens is 359 g/mol. The Labute approximate surface area is 133 Å². The molecule has 0 radical (unpaired) electrons. The van der Waals surface area contributed by atoms with Crippen molar-refractivity contribution in [3.8, 4) is 0 Å². The van der Waals surface area contributed by atoms with Crippen molar-refractivity contribution in [1.82, 2.24) is 9.78 Å². The number of nitro groups is 1. The topological polar surface area (TPSA) is 90.1 Å². The molecule has 0 spiro atoms. The van der Waals surface area contributed by atoms with Crippen molar-refractivity contribution < 1.29 is 14.1 Å². The zero-order chi connectivity index (χ0) is 16.3. The fourth-order valence-electron chi connectivity index (χ4n) is 1.89. The van der Waals surface area contributed by atoms with Crippen molar-refractivity contribution in [2.75, 3.05) is 5.32 Å². The number of amides is 1. The Morgan fingerprint density at radius 3 is 2.86 bits per heavy atom. The number of aromatic nitrogens is 2. The molecule has 0 fully saturated rings. The number of carbonyl (C=O) groups excluding carboxylic acids is 1. The molecule has 0 aliphatic rings. The van der Waals surface area contributed by atoms with E-state index in [1.165, 1.54) is 23.0 Å². The third kappa shape index (κ3) is 3.48. The molecule has 2 rings (SSSR count). The second-order valence-electron chi connectivity index (χ2n) is 4.47. The van der Waals surface area contributed by atoms with E-state index in [1.807, 2.05) is 0 Å². The molecular formula is C13H12BrFN4O3.